The first kappa shape index (κ1) is 14.8. The molecule has 0 radical (unpaired) electrons. The van der Waals surface area contributed by atoms with Crippen LogP contribution in [-0.2, 0) is 4.79 Å². The maximum absolute atomic E-state index is 12.9. The van der Waals surface area contributed by atoms with Crippen LogP contribution in [0.5, 0.6) is 0 Å². The van der Waals surface area contributed by atoms with Crippen molar-refractivity contribution in [3.8, 4) is 0 Å². The second kappa shape index (κ2) is 6.00. The zero-order valence-electron chi connectivity index (χ0n) is 13.2. The van der Waals surface area contributed by atoms with Gasteiger partial charge in [0.15, 0.2) is 5.16 Å². The van der Waals surface area contributed by atoms with Crippen molar-refractivity contribution in [2.45, 2.75) is 49.1 Å². The van der Waals surface area contributed by atoms with Crippen molar-refractivity contribution in [2.75, 3.05) is 11.4 Å². The monoisotopic (exact) mass is 328 g/mol. The van der Waals surface area contributed by atoms with E-state index in [9.17, 15) is 4.79 Å². The van der Waals surface area contributed by atoms with Gasteiger partial charge in [0.1, 0.15) is 6.33 Å². The predicted molar refractivity (Wildman–Crippen MR) is 90.7 cm³/mol. The summed E-state index contributed by atoms with van der Waals surface area (Å²) in [5.74, 6) is 0.190. The smallest absolute Gasteiger partial charge is 0.240 e. The van der Waals surface area contributed by atoms with Crippen molar-refractivity contribution in [3.63, 3.8) is 0 Å². The van der Waals surface area contributed by atoms with Crippen LogP contribution < -0.4 is 4.90 Å². The largest absolute Gasteiger partial charge is 0.311 e. The summed E-state index contributed by atoms with van der Waals surface area (Å²) in [6.07, 6.45) is 6.11. The van der Waals surface area contributed by atoms with Crippen molar-refractivity contribution in [1.82, 2.24) is 14.8 Å². The lowest BCUT2D eigenvalue weighted by Crippen LogP contribution is -2.43. The maximum Gasteiger partial charge on any atom is 0.240 e. The summed E-state index contributed by atoms with van der Waals surface area (Å²) in [5.41, 5.74) is 2.20. The molecule has 6 heteroatoms. The number of hydrogen-bond donors (Lipinski definition) is 0. The molecular weight excluding hydrogens is 308 g/mol. The molecule has 1 aromatic carbocycles. The van der Waals surface area contributed by atoms with Gasteiger partial charge in [-0.3, -0.25) is 4.79 Å². The fourth-order valence-corrected chi connectivity index (χ4v) is 4.16. The minimum Gasteiger partial charge on any atom is -0.311 e. The molecule has 4 rings (SSSR count). The van der Waals surface area contributed by atoms with Crippen LogP contribution in [0.3, 0.4) is 0 Å². The third-order valence-electron chi connectivity index (χ3n) is 4.46. The standard InChI is InChI=1S/C17H20N4OS/c1-12-4-6-13(7-5-12)20-10-2-3-15(16(20)22)23-17-19-18-11-21(17)14-8-9-14/h4-7,11,14-15H,2-3,8-10H2,1H3/t15-/m1/s1. The van der Waals surface area contributed by atoms with E-state index in [0.29, 0.717) is 6.04 Å². The molecular formula is C17H20N4OS. The van der Waals surface area contributed by atoms with E-state index in [1.807, 2.05) is 17.0 Å². The zero-order chi connectivity index (χ0) is 15.8. The molecule has 1 saturated heterocycles. The van der Waals surface area contributed by atoms with Gasteiger partial charge in [-0.05, 0) is 44.7 Å². The normalized spacial score (nSPS) is 21.7. The summed E-state index contributed by atoms with van der Waals surface area (Å²) in [6, 6.07) is 8.73. The molecule has 1 amide bonds. The van der Waals surface area contributed by atoms with Gasteiger partial charge in [0, 0.05) is 18.3 Å². The van der Waals surface area contributed by atoms with Crippen molar-refractivity contribution in [1.29, 1.82) is 0 Å². The van der Waals surface area contributed by atoms with Crippen LogP contribution in [0.2, 0.25) is 0 Å². The number of benzene rings is 1. The first-order valence-electron chi connectivity index (χ1n) is 8.16. The topological polar surface area (TPSA) is 51.0 Å². The number of piperidine rings is 1. The SMILES string of the molecule is Cc1ccc(N2CCC[C@@H](Sc3nncn3C3CC3)C2=O)cc1. The predicted octanol–water partition coefficient (Wildman–Crippen LogP) is 3.21. The Kier molecular flexibility index (Phi) is 3.85. The number of aryl methyl sites for hydroxylation is 1. The number of carbonyl (C=O) groups excluding carboxylic acids is 1. The van der Waals surface area contributed by atoms with E-state index < -0.39 is 0 Å². The molecule has 5 nitrogen and oxygen atoms in total. The van der Waals surface area contributed by atoms with Gasteiger partial charge in [-0.15, -0.1) is 10.2 Å². The highest BCUT2D eigenvalue weighted by Gasteiger charge is 2.33. The maximum atomic E-state index is 12.9. The molecule has 2 fully saturated rings. The van der Waals surface area contributed by atoms with Gasteiger partial charge in [-0.1, -0.05) is 29.5 Å². The number of carbonyl (C=O) groups is 1. The van der Waals surface area contributed by atoms with E-state index in [-0.39, 0.29) is 11.2 Å². The average Bonchev–Trinajstić information content (AvgIpc) is 3.30. The molecule has 0 bridgehead atoms. The van der Waals surface area contributed by atoms with Gasteiger partial charge in [0.25, 0.3) is 0 Å². The Morgan fingerprint density at radius 3 is 2.70 bits per heavy atom. The first-order valence-corrected chi connectivity index (χ1v) is 9.04. The Morgan fingerprint density at radius 1 is 1.17 bits per heavy atom. The van der Waals surface area contributed by atoms with E-state index in [2.05, 4.69) is 33.8 Å². The minimum atomic E-state index is -0.0632. The second-order valence-corrected chi connectivity index (χ2v) is 7.50. The number of thioether (sulfide) groups is 1. The molecule has 0 N–H and O–H groups in total. The minimum absolute atomic E-state index is 0.0632. The summed E-state index contributed by atoms with van der Waals surface area (Å²) in [4.78, 5) is 14.8. The number of rotatable bonds is 4. The Labute approximate surface area is 140 Å². The summed E-state index contributed by atoms with van der Waals surface area (Å²) in [5, 5.41) is 9.07. The van der Waals surface area contributed by atoms with Crippen LogP contribution in [0, 0.1) is 6.92 Å². The van der Waals surface area contributed by atoms with E-state index in [0.717, 1.165) is 30.2 Å². The summed E-state index contributed by atoms with van der Waals surface area (Å²) >= 11 is 1.57. The molecule has 1 aliphatic heterocycles. The van der Waals surface area contributed by atoms with Crippen molar-refractivity contribution in [2.24, 2.45) is 0 Å². The highest BCUT2D eigenvalue weighted by atomic mass is 32.2. The molecule has 23 heavy (non-hydrogen) atoms. The number of hydrogen-bond acceptors (Lipinski definition) is 4. The van der Waals surface area contributed by atoms with E-state index >= 15 is 0 Å². The molecule has 2 aliphatic rings. The molecule has 0 spiro atoms. The average molecular weight is 328 g/mol. The Hall–Kier alpha value is -1.82. The quantitative estimate of drug-likeness (QED) is 0.865. The van der Waals surface area contributed by atoms with Crippen molar-refractivity contribution >= 4 is 23.4 Å². The molecule has 1 saturated carbocycles. The van der Waals surface area contributed by atoms with Crippen molar-refractivity contribution < 1.29 is 4.79 Å². The molecule has 0 unspecified atom stereocenters. The Bertz CT molecular complexity index is 708. The van der Waals surface area contributed by atoms with Crippen LogP contribution in [0.1, 0.15) is 37.3 Å². The Morgan fingerprint density at radius 2 is 1.96 bits per heavy atom. The molecule has 1 aliphatic carbocycles. The molecule has 1 atom stereocenters. The fourth-order valence-electron chi connectivity index (χ4n) is 2.98. The number of anilines is 1. The lowest BCUT2D eigenvalue weighted by Gasteiger charge is -2.31. The zero-order valence-corrected chi connectivity index (χ0v) is 14.0. The van der Waals surface area contributed by atoms with E-state index in [4.69, 9.17) is 0 Å². The van der Waals surface area contributed by atoms with Crippen molar-refractivity contribution in [3.05, 3.63) is 36.2 Å². The highest BCUT2D eigenvalue weighted by molar-refractivity contribution is 8.00. The summed E-state index contributed by atoms with van der Waals surface area (Å²) in [7, 11) is 0. The van der Waals surface area contributed by atoms with Gasteiger partial charge >= 0.3 is 0 Å². The van der Waals surface area contributed by atoms with Crippen LogP contribution >= 0.6 is 11.8 Å². The molecule has 2 aromatic rings. The van der Waals surface area contributed by atoms with Crippen LogP contribution in [0.15, 0.2) is 35.7 Å². The lowest BCUT2D eigenvalue weighted by atomic mass is 10.1. The third-order valence-corrected chi connectivity index (χ3v) is 5.69. The molecule has 2 heterocycles. The fraction of sp³-hybridized carbons (Fsp3) is 0.471. The first-order chi connectivity index (χ1) is 11.2. The molecule has 1 aromatic heterocycles. The van der Waals surface area contributed by atoms with E-state index in [1.54, 1.807) is 18.1 Å². The summed E-state index contributed by atoms with van der Waals surface area (Å²) < 4.78 is 2.13. The van der Waals surface area contributed by atoms with Gasteiger partial charge in [0.05, 0.1) is 5.25 Å². The molecule has 120 valence electrons. The van der Waals surface area contributed by atoms with Gasteiger partial charge in [-0.25, -0.2) is 0 Å². The van der Waals surface area contributed by atoms with Gasteiger partial charge in [0.2, 0.25) is 5.91 Å². The van der Waals surface area contributed by atoms with Crippen LogP contribution in [-0.4, -0.2) is 32.5 Å². The third kappa shape index (κ3) is 3.00. The highest BCUT2D eigenvalue weighted by Crippen LogP contribution is 2.39. The Balaban J connectivity index is 1.51. The summed E-state index contributed by atoms with van der Waals surface area (Å²) in [6.45, 7) is 2.86. The number of aromatic nitrogens is 3. The van der Waals surface area contributed by atoms with Crippen LogP contribution in [0.25, 0.3) is 0 Å². The number of amides is 1. The van der Waals surface area contributed by atoms with Gasteiger partial charge in [-0.2, -0.15) is 0 Å². The second-order valence-electron chi connectivity index (χ2n) is 6.33. The van der Waals surface area contributed by atoms with E-state index in [1.165, 1.54) is 18.4 Å². The number of nitrogens with zero attached hydrogens (tertiary/aromatic N) is 4. The van der Waals surface area contributed by atoms with Gasteiger partial charge < -0.3 is 9.47 Å². The van der Waals surface area contributed by atoms with Crippen LogP contribution in [0.4, 0.5) is 5.69 Å². The lowest BCUT2D eigenvalue weighted by molar-refractivity contribution is -0.119.